The third-order valence-electron chi connectivity index (χ3n) is 4.56. The second-order valence-electron chi connectivity index (χ2n) is 6.66. The number of carbonyl (C=O) groups excluding carboxylic acids is 2. The molecule has 0 heterocycles. The molecule has 1 aliphatic rings. The fourth-order valence-electron chi connectivity index (χ4n) is 3.17. The van der Waals surface area contributed by atoms with Crippen LogP contribution in [0.4, 0.5) is 15.8 Å². The predicted octanol–water partition coefficient (Wildman–Crippen LogP) is 3.49. The van der Waals surface area contributed by atoms with Crippen molar-refractivity contribution in [3.8, 4) is 0 Å². The molecule has 2 amide bonds. The minimum absolute atomic E-state index is 0. The van der Waals surface area contributed by atoms with Crippen molar-refractivity contribution in [2.75, 3.05) is 10.6 Å². The molecule has 2 unspecified atom stereocenters. The van der Waals surface area contributed by atoms with E-state index in [1.165, 1.54) is 18.2 Å². The van der Waals surface area contributed by atoms with Gasteiger partial charge in [-0.15, -0.1) is 12.4 Å². The molecule has 0 aliphatic heterocycles. The summed E-state index contributed by atoms with van der Waals surface area (Å²) in [4.78, 5) is 24.4. The van der Waals surface area contributed by atoms with Crippen LogP contribution in [0, 0.1) is 11.7 Å². The third kappa shape index (κ3) is 5.77. The highest BCUT2D eigenvalue weighted by atomic mass is 35.5. The van der Waals surface area contributed by atoms with Crippen molar-refractivity contribution >= 4 is 35.6 Å². The van der Waals surface area contributed by atoms with E-state index in [4.69, 9.17) is 5.73 Å². The SMILES string of the molecule is Cl.NC1CCC(C(=O)Nc2ccc(F)c(NC(=O)Cc3ccccc3)c2)C1. The zero-order valence-corrected chi connectivity index (χ0v) is 15.6. The summed E-state index contributed by atoms with van der Waals surface area (Å²) < 4.78 is 14.0. The third-order valence-corrected chi connectivity index (χ3v) is 4.56. The van der Waals surface area contributed by atoms with Crippen LogP contribution in [0.5, 0.6) is 0 Å². The fourth-order valence-corrected chi connectivity index (χ4v) is 3.17. The largest absolute Gasteiger partial charge is 0.328 e. The zero-order chi connectivity index (χ0) is 18.5. The van der Waals surface area contributed by atoms with E-state index in [1.54, 1.807) is 0 Å². The normalized spacial score (nSPS) is 18.4. The highest BCUT2D eigenvalue weighted by Crippen LogP contribution is 2.26. The van der Waals surface area contributed by atoms with Gasteiger partial charge in [-0.1, -0.05) is 30.3 Å². The minimum atomic E-state index is -0.549. The number of carbonyl (C=O) groups is 2. The Kier molecular flexibility index (Phi) is 7.33. The molecule has 1 aliphatic carbocycles. The topological polar surface area (TPSA) is 84.2 Å². The Morgan fingerprint density at radius 2 is 1.81 bits per heavy atom. The molecule has 2 aromatic rings. The Morgan fingerprint density at radius 3 is 2.48 bits per heavy atom. The summed E-state index contributed by atoms with van der Waals surface area (Å²) in [6.07, 6.45) is 2.40. The van der Waals surface area contributed by atoms with E-state index in [2.05, 4.69) is 10.6 Å². The van der Waals surface area contributed by atoms with E-state index >= 15 is 0 Å². The molecule has 1 fully saturated rings. The molecule has 3 rings (SSSR count). The molecule has 4 N–H and O–H groups in total. The number of benzene rings is 2. The van der Waals surface area contributed by atoms with Crippen molar-refractivity contribution in [3.63, 3.8) is 0 Å². The van der Waals surface area contributed by atoms with Crippen LogP contribution in [0.3, 0.4) is 0 Å². The first-order valence-electron chi connectivity index (χ1n) is 8.71. The second-order valence-corrected chi connectivity index (χ2v) is 6.66. The number of rotatable bonds is 5. The van der Waals surface area contributed by atoms with Crippen LogP contribution in [0.2, 0.25) is 0 Å². The van der Waals surface area contributed by atoms with Gasteiger partial charge in [-0.05, 0) is 43.0 Å². The van der Waals surface area contributed by atoms with Gasteiger partial charge in [-0.3, -0.25) is 9.59 Å². The Labute approximate surface area is 163 Å². The van der Waals surface area contributed by atoms with E-state index in [0.717, 1.165) is 18.4 Å². The average Bonchev–Trinajstić information content (AvgIpc) is 3.05. The summed E-state index contributed by atoms with van der Waals surface area (Å²) in [7, 11) is 0. The Morgan fingerprint density at radius 1 is 1.07 bits per heavy atom. The number of halogens is 2. The number of hydrogen-bond donors (Lipinski definition) is 3. The monoisotopic (exact) mass is 391 g/mol. The Balaban J connectivity index is 0.00000261. The molecule has 0 spiro atoms. The van der Waals surface area contributed by atoms with Crippen LogP contribution in [0.1, 0.15) is 24.8 Å². The lowest BCUT2D eigenvalue weighted by molar-refractivity contribution is -0.119. The number of amides is 2. The summed E-state index contributed by atoms with van der Waals surface area (Å²) in [6.45, 7) is 0. The van der Waals surface area contributed by atoms with Crippen LogP contribution < -0.4 is 16.4 Å². The highest BCUT2D eigenvalue weighted by Gasteiger charge is 2.27. The molecular formula is C20H23ClFN3O2. The van der Waals surface area contributed by atoms with E-state index in [0.29, 0.717) is 12.1 Å². The number of nitrogens with one attached hydrogen (secondary N) is 2. The van der Waals surface area contributed by atoms with Crippen molar-refractivity contribution in [1.29, 1.82) is 0 Å². The summed E-state index contributed by atoms with van der Waals surface area (Å²) in [5.41, 5.74) is 7.18. The smallest absolute Gasteiger partial charge is 0.228 e. The molecule has 0 saturated heterocycles. The summed E-state index contributed by atoms with van der Waals surface area (Å²) >= 11 is 0. The average molecular weight is 392 g/mol. The van der Waals surface area contributed by atoms with Gasteiger partial charge in [0.1, 0.15) is 5.82 Å². The summed E-state index contributed by atoms with van der Waals surface area (Å²) in [5, 5.41) is 5.35. The van der Waals surface area contributed by atoms with Gasteiger partial charge in [0.2, 0.25) is 11.8 Å². The second kappa shape index (κ2) is 9.48. The highest BCUT2D eigenvalue weighted by molar-refractivity contribution is 5.95. The molecule has 27 heavy (non-hydrogen) atoms. The van der Waals surface area contributed by atoms with Gasteiger partial charge in [-0.25, -0.2) is 4.39 Å². The quantitative estimate of drug-likeness (QED) is 0.729. The predicted molar refractivity (Wildman–Crippen MR) is 106 cm³/mol. The zero-order valence-electron chi connectivity index (χ0n) is 14.8. The molecule has 5 nitrogen and oxygen atoms in total. The van der Waals surface area contributed by atoms with Gasteiger partial charge in [0, 0.05) is 17.6 Å². The number of anilines is 2. The molecule has 7 heteroatoms. The number of hydrogen-bond acceptors (Lipinski definition) is 3. The maximum absolute atomic E-state index is 14.0. The Bertz CT molecular complexity index is 801. The lowest BCUT2D eigenvalue weighted by Crippen LogP contribution is -2.23. The first kappa shape index (κ1) is 20.9. The van der Waals surface area contributed by atoms with Gasteiger partial charge in [0.15, 0.2) is 0 Å². The van der Waals surface area contributed by atoms with E-state index in [-0.39, 0.29) is 48.3 Å². The van der Waals surface area contributed by atoms with Crippen molar-refractivity contribution in [3.05, 3.63) is 59.9 Å². The Hall–Kier alpha value is -2.44. The standard InChI is InChI=1S/C20H22FN3O2.ClH/c21-17-9-8-16(23-20(26)14-6-7-15(22)11-14)12-18(17)24-19(25)10-13-4-2-1-3-5-13;/h1-5,8-9,12,14-15H,6-7,10-11,22H2,(H,23,26)(H,24,25);1H. The van der Waals surface area contributed by atoms with Crippen LogP contribution in [-0.2, 0) is 16.0 Å². The van der Waals surface area contributed by atoms with E-state index < -0.39 is 5.82 Å². The van der Waals surface area contributed by atoms with Crippen LogP contribution >= 0.6 is 12.4 Å². The molecule has 144 valence electrons. The van der Waals surface area contributed by atoms with Gasteiger partial charge < -0.3 is 16.4 Å². The van der Waals surface area contributed by atoms with Crippen molar-refractivity contribution in [1.82, 2.24) is 0 Å². The molecule has 1 saturated carbocycles. The summed E-state index contributed by atoms with van der Waals surface area (Å²) in [6, 6.07) is 13.4. The van der Waals surface area contributed by atoms with E-state index in [1.807, 2.05) is 30.3 Å². The maximum Gasteiger partial charge on any atom is 0.228 e. The molecule has 2 atom stereocenters. The van der Waals surface area contributed by atoms with Gasteiger partial charge in [0.25, 0.3) is 0 Å². The molecule has 0 bridgehead atoms. The van der Waals surface area contributed by atoms with Crippen molar-refractivity contribution in [2.24, 2.45) is 11.7 Å². The van der Waals surface area contributed by atoms with Crippen LogP contribution in [-0.4, -0.2) is 17.9 Å². The van der Waals surface area contributed by atoms with E-state index in [9.17, 15) is 14.0 Å². The summed E-state index contributed by atoms with van der Waals surface area (Å²) in [5.74, 6) is -1.11. The van der Waals surface area contributed by atoms with Crippen molar-refractivity contribution < 1.29 is 14.0 Å². The van der Waals surface area contributed by atoms with Crippen LogP contribution in [0.15, 0.2) is 48.5 Å². The fraction of sp³-hybridized carbons (Fsp3) is 0.300. The maximum atomic E-state index is 14.0. The van der Waals surface area contributed by atoms with Gasteiger partial charge >= 0.3 is 0 Å². The molecular weight excluding hydrogens is 369 g/mol. The molecule has 0 radical (unpaired) electrons. The molecule has 2 aromatic carbocycles. The van der Waals surface area contributed by atoms with Gasteiger partial charge in [0.05, 0.1) is 12.1 Å². The minimum Gasteiger partial charge on any atom is -0.328 e. The lowest BCUT2D eigenvalue weighted by Gasteiger charge is -2.13. The first-order valence-corrected chi connectivity index (χ1v) is 8.71. The lowest BCUT2D eigenvalue weighted by atomic mass is 10.1. The van der Waals surface area contributed by atoms with Gasteiger partial charge in [-0.2, -0.15) is 0 Å². The van der Waals surface area contributed by atoms with Crippen molar-refractivity contribution in [2.45, 2.75) is 31.7 Å². The molecule has 0 aromatic heterocycles. The number of nitrogens with two attached hydrogens (primary N) is 1. The first-order chi connectivity index (χ1) is 12.5. The van der Waals surface area contributed by atoms with Crippen LogP contribution in [0.25, 0.3) is 0 Å².